The molecule has 0 unspecified atom stereocenters. The number of pyridine rings is 1. The maximum Gasteiger partial charge on any atom is 0.229 e. The lowest BCUT2D eigenvalue weighted by atomic mass is 9.99. The molecule has 1 saturated heterocycles. The quantitative estimate of drug-likeness (QED) is 0.708. The normalized spacial score (nSPS) is 18.1. The van der Waals surface area contributed by atoms with E-state index in [1.165, 1.54) is 23.2 Å². The standard InChI is InChI=1S/C21H27N5O/c1-4-25-8-10-26(11-9-25)20-19-18(22-12-23-20)16-14-6-5-7-15(14)17(13(2)3)24-21(16)27-19/h12-13H,4-11H2,1-3H3. The van der Waals surface area contributed by atoms with Crippen molar-refractivity contribution in [3.63, 3.8) is 0 Å². The van der Waals surface area contributed by atoms with Gasteiger partial charge in [-0.3, -0.25) is 0 Å². The Morgan fingerprint density at radius 3 is 2.59 bits per heavy atom. The Hall–Kier alpha value is -2.21. The maximum atomic E-state index is 6.31. The third-order valence-corrected chi connectivity index (χ3v) is 6.15. The lowest BCUT2D eigenvalue weighted by Gasteiger charge is -2.34. The van der Waals surface area contributed by atoms with E-state index in [4.69, 9.17) is 9.40 Å². The van der Waals surface area contributed by atoms with Crippen molar-refractivity contribution in [2.75, 3.05) is 37.6 Å². The van der Waals surface area contributed by atoms with Crippen molar-refractivity contribution in [3.05, 3.63) is 23.1 Å². The second-order valence-corrected chi connectivity index (χ2v) is 8.04. The van der Waals surface area contributed by atoms with Crippen LogP contribution in [0.4, 0.5) is 5.82 Å². The number of likely N-dealkylation sites (N-methyl/N-ethyl adjacent to an activating group) is 1. The summed E-state index contributed by atoms with van der Waals surface area (Å²) in [7, 11) is 0. The smallest absolute Gasteiger partial charge is 0.229 e. The minimum Gasteiger partial charge on any atom is -0.432 e. The van der Waals surface area contributed by atoms with Crippen LogP contribution >= 0.6 is 0 Å². The molecular weight excluding hydrogens is 338 g/mol. The first-order chi connectivity index (χ1) is 13.2. The second kappa shape index (κ2) is 6.44. The molecule has 0 spiro atoms. The highest BCUT2D eigenvalue weighted by molar-refractivity contribution is 6.06. The van der Waals surface area contributed by atoms with Crippen LogP contribution in [-0.4, -0.2) is 52.6 Å². The number of rotatable bonds is 3. The van der Waals surface area contributed by atoms with Crippen LogP contribution in [0.2, 0.25) is 0 Å². The van der Waals surface area contributed by atoms with Crippen LogP contribution in [0.3, 0.4) is 0 Å². The number of nitrogens with zero attached hydrogens (tertiary/aromatic N) is 5. The fourth-order valence-electron chi connectivity index (χ4n) is 4.69. The van der Waals surface area contributed by atoms with Crippen molar-refractivity contribution < 1.29 is 4.42 Å². The Balaban J connectivity index is 1.68. The highest BCUT2D eigenvalue weighted by atomic mass is 16.3. The van der Waals surface area contributed by atoms with E-state index in [0.717, 1.165) is 73.6 Å². The summed E-state index contributed by atoms with van der Waals surface area (Å²) in [6, 6.07) is 0. The van der Waals surface area contributed by atoms with Gasteiger partial charge in [-0.25, -0.2) is 15.0 Å². The summed E-state index contributed by atoms with van der Waals surface area (Å²) in [6.07, 6.45) is 5.10. The van der Waals surface area contributed by atoms with Crippen LogP contribution in [0, 0.1) is 0 Å². The van der Waals surface area contributed by atoms with Gasteiger partial charge in [-0.15, -0.1) is 0 Å². The van der Waals surface area contributed by atoms with Gasteiger partial charge < -0.3 is 14.2 Å². The van der Waals surface area contributed by atoms with Crippen molar-refractivity contribution in [2.45, 2.75) is 46.0 Å². The number of anilines is 1. The van der Waals surface area contributed by atoms with Crippen molar-refractivity contribution in [2.24, 2.45) is 0 Å². The summed E-state index contributed by atoms with van der Waals surface area (Å²) in [5.41, 5.74) is 6.51. The lowest BCUT2D eigenvalue weighted by Crippen LogP contribution is -2.46. The van der Waals surface area contributed by atoms with Gasteiger partial charge >= 0.3 is 0 Å². The van der Waals surface area contributed by atoms with E-state index in [1.54, 1.807) is 6.33 Å². The van der Waals surface area contributed by atoms with E-state index in [0.29, 0.717) is 5.92 Å². The third kappa shape index (κ3) is 2.61. The Labute approximate surface area is 159 Å². The van der Waals surface area contributed by atoms with Gasteiger partial charge in [0.15, 0.2) is 11.4 Å². The second-order valence-electron chi connectivity index (χ2n) is 8.04. The van der Waals surface area contributed by atoms with Gasteiger partial charge in [-0.1, -0.05) is 20.8 Å². The van der Waals surface area contributed by atoms with Crippen molar-refractivity contribution in [1.82, 2.24) is 19.9 Å². The van der Waals surface area contributed by atoms with Crippen LogP contribution in [0.5, 0.6) is 0 Å². The Kier molecular flexibility index (Phi) is 4.04. The van der Waals surface area contributed by atoms with E-state index in [1.807, 2.05) is 0 Å². The molecule has 6 heteroatoms. The van der Waals surface area contributed by atoms with Crippen LogP contribution in [0.15, 0.2) is 10.7 Å². The minimum atomic E-state index is 0.405. The molecule has 6 nitrogen and oxygen atoms in total. The van der Waals surface area contributed by atoms with Crippen molar-refractivity contribution in [1.29, 1.82) is 0 Å². The highest BCUT2D eigenvalue weighted by Gasteiger charge is 2.28. The number of aromatic nitrogens is 3. The zero-order chi connectivity index (χ0) is 18.5. The summed E-state index contributed by atoms with van der Waals surface area (Å²) < 4.78 is 6.31. The van der Waals surface area contributed by atoms with E-state index < -0.39 is 0 Å². The summed E-state index contributed by atoms with van der Waals surface area (Å²) in [4.78, 5) is 19.0. The molecule has 142 valence electrons. The zero-order valence-electron chi connectivity index (χ0n) is 16.5. The van der Waals surface area contributed by atoms with E-state index in [2.05, 4.69) is 40.5 Å². The summed E-state index contributed by atoms with van der Waals surface area (Å²) in [5.74, 6) is 1.33. The molecule has 0 bridgehead atoms. The predicted molar refractivity (Wildman–Crippen MR) is 108 cm³/mol. The first-order valence-electron chi connectivity index (χ1n) is 10.2. The zero-order valence-corrected chi connectivity index (χ0v) is 16.5. The van der Waals surface area contributed by atoms with Gasteiger partial charge in [0.05, 0.1) is 11.1 Å². The fraction of sp³-hybridized carbons (Fsp3) is 0.571. The topological polar surface area (TPSA) is 58.3 Å². The molecule has 1 aliphatic carbocycles. The molecule has 0 radical (unpaired) electrons. The molecular formula is C21H27N5O. The molecule has 0 N–H and O–H groups in total. The number of furan rings is 1. The number of fused-ring (bicyclic) bond motifs is 5. The molecule has 0 aromatic carbocycles. The average molecular weight is 365 g/mol. The predicted octanol–water partition coefficient (Wildman–Crippen LogP) is 3.53. The number of hydrogen-bond acceptors (Lipinski definition) is 6. The van der Waals surface area contributed by atoms with E-state index >= 15 is 0 Å². The van der Waals surface area contributed by atoms with Crippen molar-refractivity contribution in [3.8, 4) is 0 Å². The molecule has 0 amide bonds. The maximum absolute atomic E-state index is 6.31. The molecule has 1 aliphatic heterocycles. The van der Waals surface area contributed by atoms with Gasteiger partial charge in [-0.05, 0) is 42.9 Å². The SMILES string of the molecule is CCN1CCN(c2ncnc3c2oc2nc(C(C)C)c4c(c23)CCC4)CC1. The molecule has 5 rings (SSSR count). The minimum absolute atomic E-state index is 0.405. The molecule has 27 heavy (non-hydrogen) atoms. The fourth-order valence-corrected chi connectivity index (χ4v) is 4.69. The van der Waals surface area contributed by atoms with E-state index in [-0.39, 0.29) is 0 Å². The molecule has 3 aromatic heterocycles. The van der Waals surface area contributed by atoms with Crippen molar-refractivity contribution >= 4 is 28.0 Å². The molecule has 1 fully saturated rings. The summed E-state index contributed by atoms with van der Waals surface area (Å²) in [6.45, 7) is 11.8. The van der Waals surface area contributed by atoms with Crippen LogP contribution in [0.25, 0.3) is 22.2 Å². The Morgan fingerprint density at radius 2 is 1.85 bits per heavy atom. The van der Waals surface area contributed by atoms with Crippen LogP contribution < -0.4 is 4.90 Å². The number of aryl methyl sites for hydroxylation is 1. The van der Waals surface area contributed by atoms with Crippen LogP contribution in [-0.2, 0) is 12.8 Å². The lowest BCUT2D eigenvalue weighted by molar-refractivity contribution is 0.270. The molecule has 3 aromatic rings. The molecule has 0 atom stereocenters. The average Bonchev–Trinajstić information content (AvgIpc) is 3.31. The Bertz CT molecular complexity index is 1000. The number of piperazine rings is 1. The van der Waals surface area contributed by atoms with Gasteiger partial charge in [0.1, 0.15) is 11.8 Å². The summed E-state index contributed by atoms with van der Waals surface area (Å²) >= 11 is 0. The van der Waals surface area contributed by atoms with Gasteiger partial charge in [0.25, 0.3) is 0 Å². The summed E-state index contributed by atoms with van der Waals surface area (Å²) in [5, 5.41) is 1.12. The van der Waals surface area contributed by atoms with E-state index in [9.17, 15) is 0 Å². The molecule has 4 heterocycles. The van der Waals surface area contributed by atoms with Gasteiger partial charge in [0, 0.05) is 26.2 Å². The van der Waals surface area contributed by atoms with Crippen LogP contribution in [0.1, 0.15) is 49.9 Å². The monoisotopic (exact) mass is 365 g/mol. The van der Waals surface area contributed by atoms with Gasteiger partial charge in [-0.2, -0.15) is 0 Å². The molecule has 2 aliphatic rings. The Morgan fingerprint density at radius 1 is 1.07 bits per heavy atom. The largest absolute Gasteiger partial charge is 0.432 e. The third-order valence-electron chi connectivity index (χ3n) is 6.15. The molecule has 0 saturated carbocycles. The highest BCUT2D eigenvalue weighted by Crippen LogP contribution is 2.40. The first kappa shape index (κ1) is 16.9. The number of hydrogen-bond donors (Lipinski definition) is 0. The first-order valence-corrected chi connectivity index (χ1v) is 10.2. The van der Waals surface area contributed by atoms with Gasteiger partial charge in [0.2, 0.25) is 5.71 Å².